The number of methoxy groups -OCH3 is 1. The van der Waals surface area contributed by atoms with Crippen molar-refractivity contribution in [3.8, 4) is 5.75 Å². The molecule has 2 aliphatic heterocycles. The molecule has 2 aromatic carbocycles. The van der Waals surface area contributed by atoms with Gasteiger partial charge in [-0.2, -0.15) is 0 Å². The van der Waals surface area contributed by atoms with Gasteiger partial charge in [0, 0.05) is 11.1 Å². The van der Waals surface area contributed by atoms with Crippen LogP contribution in [0.2, 0.25) is 0 Å². The summed E-state index contributed by atoms with van der Waals surface area (Å²) in [6.45, 7) is 0. The van der Waals surface area contributed by atoms with Crippen LogP contribution >= 0.6 is 11.8 Å². The number of ether oxygens (including phenoxy) is 1. The van der Waals surface area contributed by atoms with Crippen LogP contribution in [-0.4, -0.2) is 28.8 Å². The molecule has 1 atom stereocenters. The van der Waals surface area contributed by atoms with Crippen molar-refractivity contribution in [3.05, 3.63) is 70.8 Å². The molecule has 26 heavy (non-hydrogen) atoms. The van der Waals surface area contributed by atoms with Crippen LogP contribution in [0.1, 0.15) is 29.2 Å². The number of amides is 1. The first-order chi connectivity index (χ1) is 12.8. The van der Waals surface area contributed by atoms with Gasteiger partial charge >= 0.3 is 0 Å². The van der Waals surface area contributed by atoms with Gasteiger partial charge in [0.15, 0.2) is 5.17 Å². The molecule has 1 aliphatic carbocycles. The first kappa shape index (κ1) is 15.7. The standard InChI is InChI=1S/C21H18N2O2S/c1-25-17-9-5-4-8-15(17)20-16-11-10-13-6-2-3-7-14(13)19(16)22-21-23(20)18(24)12-26-21/h2-9,20H,10-12H2,1H3/t20-/m1/s1. The van der Waals surface area contributed by atoms with Crippen LogP contribution in [0, 0.1) is 0 Å². The maximum absolute atomic E-state index is 12.7. The number of hydrogen-bond acceptors (Lipinski definition) is 4. The normalized spacial score (nSPS) is 21.1. The van der Waals surface area contributed by atoms with Gasteiger partial charge in [0.25, 0.3) is 0 Å². The summed E-state index contributed by atoms with van der Waals surface area (Å²) in [6, 6.07) is 16.3. The highest BCUT2D eigenvalue weighted by Gasteiger charge is 2.43. The predicted molar refractivity (Wildman–Crippen MR) is 104 cm³/mol. The fraction of sp³-hybridized carbons (Fsp3) is 0.238. The van der Waals surface area contributed by atoms with Gasteiger partial charge in [-0.3, -0.25) is 9.69 Å². The Labute approximate surface area is 156 Å². The summed E-state index contributed by atoms with van der Waals surface area (Å²) in [5, 5.41) is 0.807. The minimum absolute atomic E-state index is 0.120. The fourth-order valence-corrected chi connectivity index (χ4v) is 5.01. The van der Waals surface area contributed by atoms with Crippen LogP contribution in [-0.2, 0) is 11.2 Å². The Morgan fingerprint density at radius 3 is 2.81 bits per heavy atom. The number of thioether (sulfide) groups is 1. The number of fused-ring (bicyclic) bond motifs is 3. The molecule has 1 fully saturated rings. The number of aryl methyl sites for hydroxylation is 1. The van der Waals surface area contributed by atoms with Crippen molar-refractivity contribution < 1.29 is 9.53 Å². The van der Waals surface area contributed by atoms with E-state index in [2.05, 4.69) is 30.3 Å². The van der Waals surface area contributed by atoms with E-state index in [1.165, 1.54) is 28.5 Å². The van der Waals surface area contributed by atoms with E-state index in [1.807, 2.05) is 23.1 Å². The van der Waals surface area contributed by atoms with E-state index >= 15 is 0 Å². The summed E-state index contributed by atoms with van der Waals surface area (Å²) in [4.78, 5) is 19.5. The number of aliphatic imine (C=N–C) groups is 1. The van der Waals surface area contributed by atoms with Gasteiger partial charge in [0.05, 0.1) is 24.6 Å². The Kier molecular flexibility index (Phi) is 3.64. The summed E-state index contributed by atoms with van der Waals surface area (Å²) in [6.07, 6.45) is 1.88. The monoisotopic (exact) mass is 362 g/mol. The molecule has 0 spiro atoms. The molecule has 1 saturated heterocycles. The van der Waals surface area contributed by atoms with E-state index in [4.69, 9.17) is 9.73 Å². The number of rotatable bonds is 2. The molecule has 4 nitrogen and oxygen atoms in total. The zero-order valence-electron chi connectivity index (χ0n) is 14.4. The zero-order chi connectivity index (χ0) is 17.7. The topological polar surface area (TPSA) is 41.9 Å². The number of carbonyl (C=O) groups is 1. The van der Waals surface area contributed by atoms with Gasteiger partial charge in [-0.15, -0.1) is 0 Å². The van der Waals surface area contributed by atoms with Crippen molar-refractivity contribution in [1.82, 2.24) is 4.90 Å². The molecule has 0 radical (unpaired) electrons. The Bertz CT molecular complexity index is 979. The van der Waals surface area contributed by atoms with Crippen LogP contribution in [0.5, 0.6) is 5.75 Å². The van der Waals surface area contributed by atoms with Crippen LogP contribution in [0.4, 0.5) is 0 Å². The van der Waals surface area contributed by atoms with Crippen LogP contribution in [0.15, 0.2) is 59.1 Å². The molecule has 130 valence electrons. The molecule has 0 N–H and O–H groups in total. The smallest absolute Gasteiger partial charge is 0.239 e. The lowest BCUT2D eigenvalue weighted by Gasteiger charge is -2.37. The second-order valence-electron chi connectivity index (χ2n) is 6.62. The molecule has 2 aromatic rings. The average molecular weight is 362 g/mol. The average Bonchev–Trinajstić information content (AvgIpc) is 3.07. The summed E-state index contributed by atoms with van der Waals surface area (Å²) in [5.74, 6) is 1.39. The quantitative estimate of drug-likeness (QED) is 0.810. The maximum Gasteiger partial charge on any atom is 0.239 e. The van der Waals surface area contributed by atoms with E-state index in [9.17, 15) is 4.79 Å². The second kappa shape index (κ2) is 6.02. The minimum Gasteiger partial charge on any atom is -0.496 e. The predicted octanol–water partition coefficient (Wildman–Crippen LogP) is 4.04. The van der Waals surface area contributed by atoms with Gasteiger partial charge in [0.1, 0.15) is 5.75 Å². The molecule has 1 amide bonds. The van der Waals surface area contributed by atoms with Gasteiger partial charge < -0.3 is 4.74 Å². The molecule has 3 aliphatic rings. The number of para-hydroxylation sites is 1. The molecule has 0 aromatic heterocycles. The Hall–Kier alpha value is -2.53. The SMILES string of the molecule is COc1ccccc1[C@@H]1C2=C(N=C3SCC(=O)N31)c1ccccc1CC2. The molecule has 5 heteroatoms. The summed E-state index contributed by atoms with van der Waals surface area (Å²) < 4.78 is 5.62. The number of benzene rings is 2. The number of hydrogen-bond donors (Lipinski definition) is 0. The van der Waals surface area contributed by atoms with Crippen molar-refractivity contribution in [2.75, 3.05) is 12.9 Å². The molecule has 0 unspecified atom stereocenters. The summed E-state index contributed by atoms with van der Waals surface area (Å²) in [5.41, 5.74) is 5.81. The van der Waals surface area contributed by atoms with Crippen LogP contribution < -0.4 is 4.74 Å². The van der Waals surface area contributed by atoms with Gasteiger partial charge in [-0.05, 0) is 30.0 Å². The summed E-state index contributed by atoms with van der Waals surface area (Å²) in [7, 11) is 1.68. The highest BCUT2D eigenvalue weighted by Crippen LogP contribution is 2.49. The lowest BCUT2D eigenvalue weighted by molar-refractivity contribution is -0.125. The Morgan fingerprint density at radius 1 is 1.12 bits per heavy atom. The van der Waals surface area contributed by atoms with Gasteiger partial charge in [-0.1, -0.05) is 54.2 Å². The van der Waals surface area contributed by atoms with E-state index in [0.717, 1.165) is 35.0 Å². The Morgan fingerprint density at radius 2 is 1.92 bits per heavy atom. The number of carbonyl (C=O) groups excluding carboxylic acids is 1. The minimum atomic E-state index is -0.135. The van der Waals surface area contributed by atoms with Crippen molar-refractivity contribution in [2.45, 2.75) is 18.9 Å². The first-order valence-electron chi connectivity index (χ1n) is 8.75. The molecular weight excluding hydrogens is 344 g/mol. The maximum atomic E-state index is 12.7. The van der Waals surface area contributed by atoms with Crippen LogP contribution in [0.3, 0.4) is 0 Å². The zero-order valence-corrected chi connectivity index (χ0v) is 15.3. The van der Waals surface area contributed by atoms with Crippen molar-refractivity contribution in [3.63, 3.8) is 0 Å². The van der Waals surface area contributed by atoms with E-state index in [-0.39, 0.29) is 11.9 Å². The van der Waals surface area contributed by atoms with Crippen molar-refractivity contribution in [1.29, 1.82) is 0 Å². The first-order valence-corrected chi connectivity index (χ1v) is 9.74. The molecular formula is C21H18N2O2S. The van der Waals surface area contributed by atoms with Crippen molar-refractivity contribution >= 4 is 28.5 Å². The number of amidine groups is 1. The second-order valence-corrected chi connectivity index (χ2v) is 7.56. The highest BCUT2D eigenvalue weighted by atomic mass is 32.2. The largest absolute Gasteiger partial charge is 0.496 e. The van der Waals surface area contributed by atoms with E-state index in [0.29, 0.717) is 5.75 Å². The third-order valence-corrected chi connectivity index (χ3v) is 6.21. The fourth-order valence-electron chi connectivity index (χ4n) is 4.11. The van der Waals surface area contributed by atoms with Crippen LogP contribution in [0.25, 0.3) is 5.70 Å². The lowest BCUT2D eigenvalue weighted by atomic mass is 9.82. The van der Waals surface area contributed by atoms with Crippen molar-refractivity contribution in [2.24, 2.45) is 4.99 Å². The van der Waals surface area contributed by atoms with Gasteiger partial charge in [0.2, 0.25) is 5.91 Å². The molecule has 0 saturated carbocycles. The number of nitrogens with zero attached hydrogens (tertiary/aromatic N) is 2. The lowest BCUT2D eigenvalue weighted by Crippen LogP contribution is -2.38. The summed E-state index contributed by atoms with van der Waals surface area (Å²) >= 11 is 1.53. The molecule has 2 heterocycles. The molecule has 0 bridgehead atoms. The Balaban J connectivity index is 1.75. The third-order valence-electron chi connectivity index (χ3n) is 5.27. The van der Waals surface area contributed by atoms with E-state index in [1.54, 1.807) is 7.11 Å². The highest BCUT2D eigenvalue weighted by molar-refractivity contribution is 8.15. The third kappa shape index (κ3) is 2.23. The van der Waals surface area contributed by atoms with E-state index < -0.39 is 0 Å². The molecule has 5 rings (SSSR count). The van der Waals surface area contributed by atoms with Gasteiger partial charge in [-0.25, -0.2) is 4.99 Å².